The fraction of sp³-hybridized carbons (Fsp3) is 0.583. The second-order valence-electron chi connectivity index (χ2n) is 15.0. The SMILES string of the molecule is O=C1CCC(N2C(=O)c3cc(F)c(N4CCC5(CC4)CC(N4CCN(c6ccc(C(=O)NC7CCCCC7)nn6)CC4)C5)cc3C2=O)C(=O)N1. The summed E-state index contributed by atoms with van der Waals surface area (Å²) in [5, 5.41) is 13.9. The number of rotatable bonds is 6. The number of amides is 5. The number of halogens is 1. The van der Waals surface area contributed by atoms with Crippen molar-refractivity contribution in [3.63, 3.8) is 0 Å². The van der Waals surface area contributed by atoms with Gasteiger partial charge in [0, 0.05) is 57.8 Å². The van der Waals surface area contributed by atoms with Crippen LogP contribution < -0.4 is 20.4 Å². The van der Waals surface area contributed by atoms with Gasteiger partial charge in [-0.15, -0.1) is 10.2 Å². The summed E-state index contributed by atoms with van der Waals surface area (Å²) in [5.74, 6) is -2.37. The molecular weight excluding hydrogens is 643 g/mol. The standard InChI is InChI=1S/C36H43FN8O5/c37-26-18-24-25(35(50)45(34(24)49)28-7-9-31(46)39-33(28)48)19-29(26)43-12-10-36(11-13-43)20-23(21-36)42-14-16-44(17-15-42)30-8-6-27(40-41-30)32(47)38-22-4-2-1-3-5-22/h6,8,18-19,22-23,28H,1-5,7,9-17,20-21H2,(H,38,47)(H,39,46,48). The lowest BCUT2D eigenvalue weighted by Crippen LogP contribution is -2.59. The van der Waals surface area contributed by atoms with Gasteiger partial charge in [0.25, 0.3) is 17.7 Å². The number of benzene rings is 1. The Hall–Kier alpha value is -4.46. The lowest BCUT2D eigenvalue weighted by Gasteiger charge is -2.56. The van der Waals surface area contributed by atoms with Crippen molar-refractivity contribution in [1.29, 1.82) is 0 Å². The second-order valence-corrected chi connectivity index (χ2v) is 15.0. The maximum absolute atomic E-state index is 15.4. The maximum atomic E-state index is 15.4. The van der Waals surface area contributed by atoms with E-state index in [1.807, 2.05) is 11.0 Å². The van der Waals surface area contributed by atoms with Gasteiger partial charge in [-0.05, 0) is 74.6 Å². The maximum Gasteiger partial charge on any atom is 0.272 e. The van der Waals surface area contributed by atoms with E-state index >= 15 is 4.39 Å². The number of nitrogens with one attached hydrogen (secondary N) is 2. The Morgan fingerprint density at radius 2 is 1.54 bits per heavy atom. The van der Waals surface area contributed by atoms with Crippen LogP contribution >= 0.6 is 0 Å². The molecule has 50 heavy (non-hydrogen) atoms. The van der Waals surface area contributed by atoms with E-state index in [0.717, 1.165) is 94.3 Å². The molecule has 1 unspecified atom stereocenters. The van der Waals surface area contributed by atoms with Crippen molar-refractivity contribution < 1.29 is 28.4 Å². The van der Waals surface area contributed by atoms with Crippen molar-refractivity contribution in [2.45, 2.75) is 88.8 Å². The summed E-state index contributed by atoms with van der Waals surface area (Å²) in [6.07, 6.45) is 9.75. The summed E-state index contributed by atoms with van der Waals surface area (Å²) in [5.41, 5.74) is 0.943. The number of hydrogen-bond donors (Lipinski definition) is 2. The van der Waals surface area contributed by atoms with Crippen LogP contribution in [0.2, 0.25) is 0 Å². The Labute approximate surface area is 289 Å². The number of carbonyl (C=O) groups excluding carboxylic acids is 5. The normalized spacial score (nSPS) is 24.7. The molecule has 0 radical (unpaired) electrons. The first-order chi connectivity index (χ1) is 24.2. The summed E-state index contributed by atoms with van der Waals surface area (Å²) in [6, 6.07) is 5.92. The molecule has 2 aliphatic carbocycles. The zero-order chi connectivity index (χ0) is 34.6. The van der Waals surface area contributed by atoms with E-state index in [2.05, 4.69) is 30.6 Å². The Morgan fingerprint density at radius 3 is 2.20 bits per heavy atom. The van der Waals surface area contributed by atoms with Gasteiger partial charge >= 0.3 is 0 Å². The monoisotopic (exact) mass is 686 g/mol. The van der Waals surface area contributed by atoms with E-state index in [1.54, 1.807) is 6.07 Å². The topological polar surface area (TPSA) is 148 Å². The number of fused-ring (bicyclic) bond motifs is 1. The molecule has 2 saturated carbocycles. The van der Waals surface area contributed by atoms with Crippen molar-refractivity contribution in [1.82, 2.24) is 30.6 Å². The number of anilines is 2. The third kappa shape index (κ3) is 6.01. The van der Waals surface area contributed by atoms with Crippen LogP contribution in [0.5, 0.6) is 0 Å². The highest BCUT2D eigenvalue weighted by Crippen LogP contribution is 2.51. The largest absolute Gasteiger partial charge is 0.369 e. The summed E-state index contributed by atoms with van der Waals surface area (Å²) in [7, 11) is 0. The molecule has 5 amide bonds. The molecule has 2 N–H and O–H groups in total. The predicted octanol–water partition coefficient (Wildman–Crippen LogP) is 2.65. The number of carbonyl (C=O) groups is 5. The molecule has 6 aliphatic rings. The third-order valence-electron chi connectivity index (χ3n) is 12.0. The van der Waals surface area contributed by atoms with Crippen molar-refractivity contribution in [2.24, 2.45) is 5.41 Å². The Morgan fingerprint density at radius 1 is 0.840 bits per heavy atom. The average Bonchev–Trinajstić information content (AvgIpc) is 3.35. The van der Waals surface area contributed by atoms with Gasteiger partial charge in [-0.25, -0.2) is 4.39 Å². The van der Waals surface area contributed by atoms with Gasteiger partial charge in [-0.2, -0.15) is 0 Å². The summed E-state index contributed by atoms with van der Waals surface area (Å²) in [4.78, 5) is 70.6. The molecule has 0 bridgehead atoms. The molecule has 264 valence electrons. The van der Waals surface area contributed by atoms with Crippen LogP contribution in [0.3, 0.4) is 0 Å². The minimum atomic E-state index is -1.08. The van der Waals surface area contributed by atoms with E-state index in [1.165, 1.54) is 12.5 Å². The first-order valence-electron chi connectivity index (χ1n) is 18.1. The second kappa shape index (κ2) is 13.0. The van der Waals surface area contributed by atoms with Crippen LogP contribution in [0.15, 0.2) is 24.3 Å². The lowest BCUT2D eigenvalue weighted by atomic mass is 9.60. The fourth-order valence-corrected chi connectivity index (χ4v) is 8.99. The van der Waals surface area contributed by atoms with Crippen LogP contribution in [0, 0.1) is 11.2 Å². The molecule has 8 rings (SSSR count). The molecule has 13 nitrogen and oxygen atoms in total. The van der Waals surface area contributed by atoms with Crippen molar-refractivity contribution in [3.05, 3.63) is 46.9 Å². The number of imide groups is 2. The van der Waals surface area contributed by atoms with Gasteiger partial charge < -0.3 is 15.1 Å². The van der Waals surface area contributed by atoms with Gasteiger partial charge in [0.2, 0.25) is 11.8 Å². The molecule has 3 saturated heterocycles. The van der Waals surface area contributed by atoms with Crippen molar-refractivity contribution >= 4 is 41.0 Å². The quantitative estimate of drug-likeness (QED) is 0.435. The van der Waals surface area contributed by atoms with Gasteiger partial charge in [0.1, 0.15) is 11.9 Å². The Bertz CT molecular complexity index is 1710. The van der Waals surface area contributed by atoms with Crippen LogP contribution in [-0.2, 0) is 9.59 Å². The third-order valence-corrected chi connectivity index (χ3v) is 12.0. The molecule has 4 aliphatic heterocycles. The first kappa shape index (κ1) is 32.7. The molecule has 5 fully saturated rings. The van der Waals surface area contributed by atoms with Gasteiger partial charge in [-0.3, -0.25) is 39.1 Å². The number of hydrogen-bond acceptors (Lipinski definition) is 10. The van der Waals surface area contributed by atoms with Gasteiger partial charge in [0.15, 0.2) is 11.5 Å². The first-order valence-corrected chi connectivity index (χ1v) is 18.1. The molecule has 14 heteroatoms. The van der Waals surface area contributed by atoms with E-state index in [4.69, 9.17) is 0 Å². The number of aromatic nitrogens is 2. The molecule has 1 aromatic carbocycles. The number of piperazine rings is 1. The smallest absolute Gasteiger partial charge is 0.272 e. The van der Waals surface area contributed by atoms with Crippen LogP contribution in [0.25, 0.3) is 0 Å². The molecule has 2 aromatic rings. The van der Waals surface area contributed by atoms with E-state index in [0.29, 0.717) is 30.5 Å². The molecule has 1 atom stereocenters. The minimum Gasteiger partial charge on any atom is -0.369 e. The minimum absolute atomic E-state index is 0.0299. The van der Waals surface area contributed by atoms with E-state index in [9.17, 15) is 24.0 Å². The lowest BCUT2D eigenvalue weighted by molar-refractivity contribution is -0.136. The zero-order valence-electron chi connectivity index (χ0n) is 28.2. The number of piperidine rings is 2. The van der Waals surface area contributed by atoms with E-state index < -0.39 is 35.5 Å². The zero-order valence-corrected chi connectivity index (χ0v) is 28.2. The molecule has 1 spiro atoms. The Balaban J connectivity index is 0.819. The van der Waals surface area contributed by atoms with Crippen LogP contribution in [0.4, 0.5) is 15.9 Å². The average molecular weight is 687 g/mol. The summed E-state index contributed by atoms with van der Waals surface area (Å²) in [6.45, 7) is 4.87. The molecule has 5 heterocycles. The summed E-state index contributed by atoms with van der Waals surface area (Å²) < 4.78 is 15.4. The molecular formula is C36H43FN8O5. The highest BCUT2D eigenvalue weighted by molar-refractivity contribution is 6.23. The van der Waals surface area contributed by atoms with Crippen molar-refractivity contribution in [2.75, 3.05) is 49.1 Å². The highest BCUT2D eigenvalue weighted by atomic mass is 19.1. The highest BCUT2D eigenvalue weighted by Gasteiger charge is 2.49. The number of nitrogens with zero attached hydrogens (tertiary/aromatic N) is 6. The van der Waals surface area contributed by atoms with E-state index in [-0.39, 0.29) is 41.3 Å². The van der Waals surface area contributed by atoms with Gasteiger partial charge in [-0.1, -0.05) is 19.3 Å². The molecule has 1 aromatic heterocycles. The van der Waals surface area contributed by atoms with Crippen LogP contribution in [0.1, 0.15) is 102 Å². The van der Waals surface area contributed by atoms with Crippen molar-refractivity contribution in [3.8, 4) is 0 Å². The summed E-state index contributed by atoms with van der Waals surface area (Å²) >= 11 is 0. The van der Waals surface area contributed by atoms with Crippen LogP contribution in [-0.4, -0.2) is 107 Å². The Kier molecular flexibility index (Phi) is 8.52. The predicted molar refractivity (Wildman–Crippen MR) is 180 cm³/mol. The fourth-order valence-electron chi connectivity index (χ4n) is 8.99. The van der Waals surface area contributed by atoms with Gasteiger partial charge in [0.05, 0.1) is 16.8 Å².